The second kappa shape index (κ2) is 11.1. The quantitative estimate of drug-likeness (QED) is 0.530. The topological polar surface area (TPSA) is 73.7 Å². The minimum Gasteiger partial charge on any atom is -0.351 e. The maximum Gasteiger partial charge on any atom is 0.251 e. The molecule has 0 aliphatic carbocycles. The number of benzene rings is 2. The van der Waals surface area contributed by atoms with Crippen molar-refractivity contribution in [3.8, 4) is 11.3 Å². The van der Waals surface area contributed by atoms with Gasteiger partial charge < -0.3 is 10.2 Å². The van der Waals surface area contributed by atoms with Crippen molar-refractivity contribution < 1.29 is 9.59 Å². The summed E-state index contributed by atoms with van der Waals surface area (Å²) in [5.41, 5.74) is 3.51. The molecule has 8 nitrogen and oxygen atoms in total. The highest BCUT2D eigenvalue weighted by Crippen LogP contribution is 2.29. The Kier molecular flexibility index (Phi) is 7.44. The van der Waals surface area contributed by atoms with Crippen LogP contribution in [0.1, 0.15) is 29.3 Å². The van der Waals surface area contributed by atoms with Crippen LogP contribution >= 0.6 is 0 Å². The highest BCUT2D eigenvalue weighted by Gasteiger charge is 2.26. The number of aryl methyl sites for hydroxylation is 1. The van der Waals surface area contributed by atoms with E-state index in [1.807, 2.05) is 65.3 Å². The number of rotatable bonds is 8. The number of amides is 2. The van der Waals surface area contributed by atoms with Gasteiger partial charge in [0, 0.05) is 62.9 Å². The van der Waals surface area contributed by atoms with Crippen LogP contribution in [0, 0.1) is 0 Å². The molecule has 5 rings (SSSR count). The van der Waals surface area contributed by atoms with E-state index in [2.05, 4.69) is 22.0 Å². The van der Waals surface area contributed by atoms with E-state index in [9.17, 15) is 9.59 Å². The molecule has 0 bridgehead atoms. The van der Waals surface area contributed by atoms with Crippen molar-refractivity contribution in [3.05, 3.63) is 71.8 Å². The highest BCUT2D eigenvalue weighted by atomic mass is 16.2. The number of piperazine rings is 1. The molecule has 8 heteroatoms. The Balaban J connectivity index is 1.18. The van der Waals surface area contributed by atoms with Crippen LogP contribution in [-0.4, -0.2) is 77.2 Å². The third-order valence-electron chi connectivity index (χ3n) is 7.13. The number of aromatic nitrogens is 2. The van der Waals surface area contributed by atoms with Crippen LogP contribution < -0.4 is 10.2 Å². The minimum atomic E-state index is -0.0617. The van der Waals surface area contributed by atoms with Gasteiger partial charge in [0.25, 0.3) is 5.91 Å². The van der Waals surface area contributed by atoms with E-state index in [4.69, 9.17) is 5.10 Å². The molecule has 2 aliphatic rings. The van der Waals surface area contributed by atoms with Crippen LogP contribution in [0.3, 0.4) is 0 Å². The van der Waals surface area contributed by atoms with Gasteiger partial charge in [-0.3, -0.25) is 19.4 Å². The van der Waals surface area contributed by atoms with Gasteiger partial charge in [-0.05, 0) is 24.2 Å². The smallest absolute Gasteiger partial charge is 0.251 e. The fraction of sp³-hybridized carbons (Fsp3) is 0.393. The summed E-state index contributed by atoms with van der Waals surface area (Å²) in [4.78, 5) is 32.0. The standard InChI is InChI=1S/C28H34N6O2/c1-2-31-16-18-32(19-17-31)15-13-29-28(36)24-10-8-22(9-11-24)21-33-26-20-25(23-6-4-3-5-7-23)30-34(26)14-12-27(33)35/h3-11,20H,2,12-19,21H2,1H3,(H,29,36). The maximum atomic E-state index is 12.8. The van der Waals surface area contributed by atoms with Gasteiger partial charge in [-0.2, -0.15) is 5.10 Å². The van der Waals surface area contributed by atoms with Gasteiger partial charge >= 0.3 is 0 Å². The zero-order valence-electron chi connectivity index (χ0n) is 20.9. The summed E-state index contributed by atoms with van der Waals surface area (Å²) in [5, 5.41) is 7.76. The summed E-state index contributed by atoms with van der Waals surface area (Å²) in [6.07, 6.45) is 0.427. The molecule has 0 atom stereocenters. The molecule has 1 saturated heterocycles. The SMILES string of the molecule is CCN1CCN(CCNC(=O)c2ccc(CN3C(=O)CCn4nc(-c5ccccc5)cc43)cc2)CC1. The first kappa shape index (κ1) is 24.2. The van der Waals surface area contributed by atoms with E-state index in [1.165, 1.54) is 0 Å². The molecule has 188 valence electrons. The lowest BCUT2D eigenvalue weighted by molar-refractivity contribution is -0.119. The summed E-state index contributed by atoms with van der Waals surface area (Å²) < 4.78 is 1.91. The zero-order valence-corrected chi connectivity index (χ0v) is 20.9. The van der Waals surface area contributed by atoms with Gasteiger partial charge in [0.05, 0.1) is 18.8 Å². The van der Waals surface area contributed by atoms with Crippen molar-refractivity contribution in [2.45, 2.75) is 26.4 Å². The Hall–Kier alpha value is -3.49. The Labute approximate surface area is 212 Å². The second-order valence-corrected chi connectivity index (χ2v) is 9.44. The number of hydrogen-bond donors (Lipinski definition) is 1. The van der Waals surface area contributed by atoms with Gasteiger partial charge in [0.2, 0.25) is 5.91 Å². The maximum absolute atomic E-state index is 12.8. The summed E-state index contributed by atoms with van der Waals surface area (Å²) in [5.74, 6) is 0.837. The van der Waals surface area contributed by atoms with E-state index in [0.29, 0.717) is 31.6 Å². The number of nitrogens with one attached hydrogen (secondary N) is 1. The first-order valence-corrected chi connectivity index (χ1v) is 12.9. The van der Waals surface area contributed by atoms with E-state index in [1.54, 1.807) is 4.90 Å². The summed E-state index contributed by atoms with van der Waals surface area (Å²) >= 11 is 0. The van der Waals surface area contributed by atoms with Crippen LogP contribution in [0.4, 0.5) is 5.82 Å². The minimum absolute atomic E-state index is 0.0617. The number of carbonyl (C=O) groups is 2. The molecule has 3 heterocycles. The van der Waals surface area contributed by atoms with Gasteiger partial charge in [0.15, 0.2) is 0 Å². The van der Waals surface area contributed by atoms with Crippen molar-refractivity contribution >= 4 is 17.6 Å². The number of fused-ring (bicyclic) bond motifs is 1. The van der Waals surface area contributed by atoms with Crippen LogP contribution in [0.15, 0.2) is 60.7 Å². The van der Waals surface area contributed by atoms with Crippen LogP contribution in [0.5, 0.6) is 0 Å². The molecule has 36 heavy (non-hydrogen) atoms. The number of likely N-dealkylation sites (N-methyl/N-ethyl adjacent to an activating group) is 1. The van der Waals surface area contributed by atoms with Crippen molar-refractivity contribution in [1.82, 2.24) is 24.9 Å². The molecule has 0 unspecified atom stereocenters. The van der Waals surface area contributed by atoms with E-state index < -0.39 is 0 Å². The van der Waals surface area contributed by atoms with Crippen LogP contribution in [-0.2, 0) is 17.9 Å². The monoisotopic (exact) mass is 486 g/mol. The van der Waals surface area contributed by atoms with Crippen molar-refractivity contribution in [2.24, 2.45) is 0 Å². The second-order valence-electron chi connectivity index (χ2n) is 9.44. The molecule has 1 aromatic heterocycles. The molecule has 1 fully saturated rings. The first-order chi connectivity index (χ1) is 17.6. The van der Waals surface area contributed by atoms with Crippen LogP contribution in [0.25, 0.3) is 11.3 Å². The molecule has 1 N–H and O–H groups in total. The normalized spacial score (nSPS) is 16.7. The number of carbonyl (C=O) groups excluding carboxylic acids is 2. The van der Waals surface area contributed by atoms with Crippen molar-refractivity contribution in [3.63, 3.8) is 0 Å². The molecule has 2 amide bonds. The third-order valence-corrected chi connectivity index (χ3v) is 7.13. The Bertz CT molecular complexity index is 1180. The summed E-state index contributed by atoms with van der Waals surface area (Å²) in [6.45, 7) is 10.2. The van der Waals surface area contributed by atoms with E-state index in [-0.39, 0.29) is 11.8 Å². The Morgan fingerprint density at radius 2 is 1.67 bits per heavy atom. The van der Waals surface area contributed by atoms with Crippen LogP contribution in [0.2, 0.25) is 0 Å². The Morgan fingerprint density at radius 1 is 0.944 bits per heavy atom. The highest BCUT2D eigenvalue weighted by molar-refractivity contribution is 5.95. The predicted molar refractivity (Wildman–Crippen MR) is 141 cm³/mol. The van der Waals surface area contributed by atoms with Crippen molar-refractivity contribution in [2.75, 3.05) is 50.7 Å². The molecule has 2 aromatic carbocycles. The molecular weight excluding hydrogens is 452 g/mol. The molecule has 3 aromatic rings. The number of hydrogen-bond acceptors (Lipinski definition) is 5. The zero-order chi connectivity index (χ0) is 24.9. The summed E-state index contributed by atoms with van der Waals surface area (Å²) in [7, 11) is 0. The lowest BCUT2D eigenvalue weighted by Crippen LogP contribution is -2.48. The Morgan fingerprint density at radius 3 is 2.39 bits per heavy atom. The average Bonchev–Trinajstić information content (AvgIpc) is 3.36. The lowest BCUT2D eigenvalue weighted by atomic mass is 10.1. The predicted octanol–water partition coefficient (Wildman–Crippen LogP) is 2.85. The van der Waals surface area contributed by atoms with Crippen molar-refractivity contribution in [1.29, 1.82) is 0 Å². The molecule has 0 radical (unpaired) electrons. The summed E-state index contributed by atoms with van der Waals surface area (Å²) in [6, 6.07) is 19.5. The van der Waals surface area contributed by atoms with Gasteiger partial charge in [-0.1, -0.05) is 49.4 Å². The fourth-order valence-electron chi connectivity index (χ4n) is 4.88. The van der Waals surface area contributed by atoms with Gasteiger partial charge in [0.1, 0.15) is 5.82 Å². The van der Waals surface area contributed by atoms with E-state index >= 15 is 0 Å². The number of anilines is 1. The average molecular weight is 487 g/mol. The molecule has 2 aliphatic heterocycles. The molecule has 0 saturated carbocycles. The fourth-order valence-corrected chi connectivity index (χ4v) is 4.88. The number of nitrogens with zero attached hydrogens (tertiary/aromatic N) is 5. The first-order valence-electron chi connectivity index (χ1n) is 12.9. The van der Waals surface area contributed by atoms with E-state index in [0.717, 1.165) is 61.9 Å². The lowest BCUT2D eigenvalue weighted by Gasteiger charge is -2.33. The van der Waals surface area contributed by atoms with Gasteiger partial charge in [-0.15, -0.1) is 0 Å². The molecule has 0 spiro atoms. The largest absolute Gasteiger partial charge is 0.351 e. The third kappa shape index (κ3) is 5.50. The van der Waals surface area contributed by atoms with Gasteiger partial charge in [-0.25, -0.2) is 4.68 Å². The molecular formula is C28H34N6O2.